The van der Waals surface area contributed by atoms with Crippen LogP contribution >= 0.6 is 0 Å². The van der Waals surface area contributed by atoms with Gasteiger partial charge in [0, 0.05) is 0 Å². The van der Waals surface area contributed by atoms with Crippen molar-refractivity contribution in [2.75, 3.05) is 0 Å². The molecule has 0 saturated carbocycles. The van der Waals surface area contributed by atoms with E-state index in [0.717, 1.165) is 19.3 Å². The number of allylic oxidation sites excluding steroid dienone is 6. The first-order chi connectivity index (χ1) is 6.56. The molecule has 0 fully saturated rings. The molecule has 0 rings (SSSR count). The summed E-state index contributed by atoms with van der Waals surface area (Å²) < 4.78 is 0. The van der Waals surface area contributed by atoms with Gasteiger partial charge in [-0.3, -0.25) is 0 Å². The van der Waals surface area contributed by atoms with Crippen molar-refractivity contribution in [2.24, 2.45) is 5.41 Å². The van der Waals surface area contributed by atoms with Crippen LogP contribution in [0.1, 0.15) is 47.0 Å². The monoisotopic (exact) mass is 192 g/mol. The van der Waals surface area contributed by atoms with E-state index < -0.39 is 0 Å². The summed E-state index contributed by atoms with van der Waals surface area (Å²) in [4.78, 5) is 0. The predicted octanol–water partition coefficient (Wildman–Crippen LogP) is 4.89. The lowest BCUT2D eigenvalue weighted by Gasteiger charge is -2.10. The number of hydrogen-bond acceptors (Lipinski definition) is 0. The van der Waals surface area contributed by atoms with E-state index in [1.807, 2.05) is 0 Å². The van der Waals surface area contributed by atoms with Crippen LogP contribution in [0, 0.1) is 5.41 Å². The predicted molar refractivity (Wildman–Crippen MR) is 66.4 cm³/mol. The third-order valence-corrected chi connectivity index (χ3v) is 1.73. The first-order valence-corrected chi connectivity index (χ1v) is 5.54. The molecule has 0 amide bonds. The molecule has 0 spiro atoms. The van der Waals surface area contributed by atoms with Gasteiger partial charge in [0.2, 0.25) is 0 Å². The molecule has 0 aliphatic rings. The molecule has 0 unspecified atom stereocenters. The molecule has 14 heavy (non-hydrogen) atoms. The first-order valence-electron chi connectivity index (χ1n) is 5.54. The standard InChI is InChI=1S/C14H24/c1-5-6-7-8-9-10-11-12-13-14(2,3)4/h6-7,9-10,12-13H,5,8,11H2,1-4H3/b7-6-,10-9-,13-12-. The Morgan fingerprint density at radius 3 is 1.79 bits per heavy atom. The maximum atomic E-state index is 2.26. The van der Waals surface area contributed by atoms with Crippen molar-refractivity contribution >= 4 is 0 Å². The molecule has 0 saturated heterocycles. The zero-order chi connectivity index (χ0) is 10.9. The molecule has 0 heterocycles. The van der Waals surface area contributed by atoms with E-state index in [0.29, 0.717) is 5.41 Å². The summed E-state index contributed by atoms with van der Waals surface area (Å²) in [6.45, 7) is 8.82. The molecule has 0 aromatic carbocycles. The number of hydrogen-bond donors (Lipinski definition) is 0. The fourth-order valence-electron chi connectivity index (χ4n) is 1.03. The molecular weight excluding hydrogens is 168 g/mol. The van der Waals surface area contributed by atoms with E-state index in [4.69, 9.17) is 0 Å². The van der Waals surface area contributed by atoms with Crippen molar-refractivity contribution in [3.05, 3.63) is 36.5 Å². The smallest absolute Gasteiger partial charge is 0.0169 e. The van der Waals surface area contributed by atoms with Gasteiger partial charge in [-0.05, 0) is 24.7 Å². The van der Waals surface area contributed by atoms with Crippen molar-refractivity contribution in [3.8, 4) is 0 Å². The quantitative estimate of drug-likeness (QED) is 0.544. The SMILES string of the molecule is CC/C=C\C/C=C\C/C=C\C(C)(C)C. The van der Waals surface area contributed by atoms with Crippen LogP contribution in [0.15, 0.2) is 36.5 Å². The van der Waals surface area contributed by atoms with Gasteiger partial charge in [-0.1, -0.05) is 64.2 Å². The van der Waals surface area contributed by atoms with Gasteiger partial charge in [-0.2, -0.15) is 0 Å². The highest BCUT2D eigenvalue weighted by Gasteiger charge is 2.01. The van der Waals surface area contributed by atoms with Gasteiger partial charge in [0.05, 0.1) is 0 Å². The molecule has 0 aromatic heterocycles. The van der Waals surface area contributed by atoms with E-state index in [1.165, 1.54) is 0 Å². The van der Waals surface area contributed by atoms with E-state index in [-0.39, 0.29) is 0 Å². The molecule has 0 nitrogen and oxygen atoms in total. The van der Waals surface area contributed by atoms with Crippen molar-refractivity contribution in [2.45, 2.75) is 47.0 Å². The summed E-state index contributed by atoms with van der Waals surface area (Å²) in [6, 6.07) is 0. The van der Waals surface area contributed by atoms with Crippen LogP contribution in [0.2, 0.25) is 0 Å². The van der Waals surface area contributed by atoms with Crippen LogP contribution < -0.4 is 0 Å². The molecule has 0 aliphatic carbocycles. The number of rotatable bonds is 5. The molecule has 0 aliphatic heterocycles. The van der Waals surface area contributed by atoms with Gasteiger partial charge < -0.3 is 0 Å². The van der Waals surface area contributed by atoms with Gasteiger partial charge in [-0.15, -0.1) is 0 Å². The Hall–Kier alpha value is -0.780. The second kappa shape index (κ2) is 7.61. The van der Waals surface area contributed by atoms with Gasteiger partial charge in [0.1, 0.15) is 0 Å². The Labute approximate surface area is 89.4 Å². The third-order valence-electron chi connectivity index (χ3n) is 1.73. The van der Waals surface area contributed by atoms with E-state index >= 15 is 0 Å². The Kier molecular flexibility index (Phi) is 7.18. The lowest BCUT2D eigenvalue weighted by molar-refractivity contribution is 0.543. The minimum atomic E-state index is 0.315. The van der Waals surface area contributed by atoms with Crippen LogP contribution in [0.25, 0.3) is 0 Å². The summed E-state index contributed by atoms with van der Waals surface area (Å²) in [7, 11) is 0. The normalized spacial score (nSPS) is 13.7. The van der Waals surface area contributed by atoms with Crippen LogP contribution in [-0.2, 0) is 0 Å². The molecular formula is C14H24. The summed E-state index contributed by atoms with van der Waals surface area (Å²) in [6.07, 6.45) is 16.6. The van der Waals surface area contributed by atoms with Crippen molar-refractivity contribution < 1.29 is 0 Å². The van der Waals surface area contributed by atoms with E-state index in [9.17, 15) is 0 Å². The van der Waals surface area contributed by atoms with Crippen molar-refractivity contribution in [3.63, 3.8) is 0 Å². The van der Waals surface area contributed by atoms with Gasteiger partial charge in [0.25, 0.3) is 0 Å². The van der Waals surface area contributed by atoms with Crippen LogP contribution in [0.4, 0.5) is 0 Å². The average Bonchev–Trinajstić information content (AvgIpc) is 2.08. The van der Waals surface area contributed by atoms with Gasteiger partial charge >= 0.3 is 0 Å². The largest absolute Gasteiger partial charge is 0.0885 e. The first kappa shape index (κ1) is 13.2. The molecule has 0 N–H and O–H groups in total. The Balaban J connectivity index is 3.54. The summed E-state index contributed by atoms with van der Waals surface area (Å²) in [5, 5.41) is 0. The second-order valence-electron chi connectivity index (χ2n) is 4.59. The Morgan fingerprint density at radius 1 is 0.786 bits per heavy atom. The average molecular weight is 192 g/mol. The Morgan fingerprint density at radius 2 is 1.29 bits per heavy atom. The molecule has 0 aromatic rings. The zero-order valence-electron chi connectivity index (χ0n) is 10.1. The fraction of sp³-hybridized carbons (Fsp3) is 0.571. The Bertz CT molecular complexity index is 199. The molecule has 0 radical (unpaired) electrons. The summed E-state index contributed by atoms with van der Waals surface area (Å²) in [5.74, 6) is 0. The fourth-order valence-corrected chi connectivity index (χ4v) is 1.03. The van der Waals surface area contributed by atoms with Crippen LogP contribution in [-0.4, -0.2) is 0 Å². The topological polar surface area (TPSA) is 0 Å². The van der Waals surface area contributed by atoms with Crippen molar-refractivity contribution in [1.82, 2.24) is 0 Å². The van der Waals surface area contributed by atoms with Crippen LogP contribution in [0.5, 0.6) is 0 Å². The third kappa shape index (κ3) is 11.2. The highest BCUT2D eigenvalue weighted by atomic mass is 14.1. The molecule has 80 valence electrons. The minimum Gasteiger partial charge on any atom is -0.0885 e. The van der Waals surface area contributed by atoms with Crippen LogP contribution in [0.3, 0.4) is 0 Å². The van der Waals surface area contributed by atoms with E-state index in [2.05, 4.69) is 64.2 Å². The maximum Gasteiger partial charge on any atom is -0.0169 e. The van der Waals surface area contributed by atoms with Gasteiger partial charge in [0.15, 0.2) is 0 Å². The molecule has 0 bridgehead atoms. The second-order valence-corrected chi connectivity index (χ2v) is 4.59. The highest BCUT2D eigenvalue weighted by molar-refractivity contribution is 4.99. The highest BCUT2D eigenvalue weighted by Crippen LogP contribution is 2.14. The van der Waals surface area contributed by atoms with Gasteiger partial charge in [-0.25, -0.2) is 0 Å². The maximum absolute atomic E-state index is 2.26. The van der Waals surface area contributed by atoms with E-state index in [1.54, 1.807) is 0 Å². The molecule has 0 atom stereocenters. The zero-order valence-corrected chi connectivity index (χ0v) is 10.1. The molecule has 0 heteroatoms. The lowest BCUT2D eigenvalue weighted by atomic mass is 9.96. The lowest BCUT2D eigenvalue weighted by Crippen LogP contribution is -1.97. The summed E-state index contributed by atoms with van der Waals surface area (Å²) in [5.41, 5.74) is 0.315. The van der Waals surface area contributed by atoms with Crippen molar-refractivity contribution in [1.29, 1.82) is 0 Å². The summed E-state index contributed by atoms with van der Waals surface area (Å²) >= 11 is 0. The minimum absolute atomic E-state index is 0.315.